The minimum Gasteiger partial charge on any atom is -0.486 e. The molecule has 0 aliphatic heterocycles. The standard InChI is InChI=1S/C24H38O8S2/c1-7-17-19(29-13-9-25-3)21(31-15-11-27-5)23(33-17)24-22(32-16-12-28-6)20(18(8-2)34-24)30-14-10-26-4/h7-16H2,1-6H3. The molecule has 34 heavy (non-hydrogen) atoms. The highest BCUT2D eigenvalue weighted by Crippen LogP contribution is 2.56. The quantitative estimate of drug-likeness (QED) is 0.248. The Bertz CT molecular complexity index is 765. The average molecular weight is 519 g/mol. The number of rotatable bonds is 19. The van der Waals surface area contributed by atoms with E-state index in [9.17, 15) is 0 Å². The first-order valence-corrected chi connectivity index (χ1v) is 13.1. The second-order valence-corrected chi connectivity index (χ2v) is 9.31. The van der Waals surface area contributed by atoms with Crippen molar-refractivity contribution in [3.63, 3.8) is 0 Å². The number of aryl methyl sites for hydroxylation is 2. The van der Waals surface area contributed by atoms with Crippen molar-refractivity contribution in [1.29, 1.82) is 0 Å². The van der Waals surface area contributed by atoms with Gasteiger partial charge in [0.1, 0.15) is 26.4 Å². The zero-order valence-electron chi connectivity index (χ0n) is 21.2. The topological polar surface area (TPSA) is 73.8 Å². The molecule has 2 heterocycles. The molecule has 0 radical (unpaired) electrons. The number of thiophene rings is 2. The van der Waals surface area contributed by atoms with Gasteiger partial charge in [-0.15, -0.1) is 22.7 Å². The summed E-state index contributed by atoms with van der Waals surface area (Å²) in [5, 5.41) is 0. The first-order valence-electron chi connectivity index (χ1n) is 11.4. The summed E-state index contributed by atoms with van der Waals surface area (Å²) < 4.78 is 45.5. The maximum Gasteiger partial charge on any atom is 0.181 e. The van der Waals surface area contributed by atoms with Gasteiger partial charge in [0.15, 0.2) is 23.0 Å². The SMILES string of the molecule is CCc1sc(-c2sc(CC)c(OCCOC)c2OCCOC)c(OCCOC)c1OCCOC. The molecule has 2 aromatic rings. The molecular weight excluding hydrogens is 480 g/mol. The maximum atomic E-state index is 6.22. The minimum absolute atomic E-state index is 0.410. The van der Waals surface area contributed by atoms with E-state index in [2.05, 4.69) is 13.8 Å². The highest BCUT2D eigenvalue weighted by Gasteiger charge is 2.29. The van der Waals surface area contributed by atoms with Crippen molar-refractivity contribution in [3.8, 4) is 32.8 Å². The Morgan fingerprint density at radius 2 is 0.735 bits per heavy atom. The lowest BCUT2D eigenvalue weighted by Crippen LogP contribution is -2.09. The lowest BCUT2D eigenvalue weighted by atomic mass is 10.2. The van der Waals surface area contributed by atoms with E-state index >= 15 is 0 Å². The van der Waals surface area contributed by atoms with E-state index in [1.165, 1.54) is 0 Å². The molecule has 2 rings (SSSR count). The van der Waals surface area contributed by atoms with Gasteiger partial charge >= 0.3 is 0 Å². The number of methoxy groups -OCH3 is 4. The van der Waals surface area contributed by atoms with E-state index in [4.69, 9.17) is 37.9 Å². The number of hydrogen-bond donors (Lipinski definition) is 0. The highest BCUT2D eigenvalue weighted by molar-refractivity contribution is 7.23. The van der Waals surface area contributed by atoms with E-state index in [0.29, 0.717) is 64.4 Å². The minimum atomic E-state index is 0.410. The normalized spacial score (nSPS) is 11.1. The van der Waals surface area contributed by atoms with Gasteiger partial charge in [0, 0.05) is 28.4 Å². The average Bonchev–Trinajstić information content (AvgIpc) is 3.37. The van der Waals surface area contributed by atoms with Crippen molar-refractivity contribution in [2.45, 2.75) is 26.7 Å². The summed E-state index contributed by atoms with van der Waals surface area (Å²) in [5.41, 5.74) is 0. The Labute approximate surface area is 211 Å². The Morgan fingerprint density at radius 1 is 0.441 bits per heavy atom. The zero-order chi connectivity index (χ0) is 24.8. The summed E-state index contributed by atoms with van der Waals surface area (Å²) in [7, 11) is 6.63. The monoisotopic (exact) mass is 518 g/mol. The second-order valence-electron chi connectivity index (χ2n) is 7.10. The van der Waals surface area contributed by atoms with Crippen molar-refractivity contribution in [3.05, 3.63) is 9.75 Å². The van der Waals surface area contributed by atoms with Crippen LogP contribution in [0.3, 0.4) is 0 Å². The van der Waals surface area contributed by atoms with Gasteiger partial charge in [-0.1, -0.05) is 13.8 Å². The van der Waals surface area contributed by atoms with Crippen molar-refractivity contribution in [1.82, 2.24) is 0 Å². The highest BCUT2D eigenvalue weighted by atomic mass is 32.1. The Hall–Kier alpha value is -1.56. The van der Waals surface area contributed by atoms with Gasteiger partial charge in [0.2, 0.25) is 0 Å². The Balaban J connectivity index is 2.58. The Morgan fingerprint density at radius 3 is 1.00 bits per heavy atom. The van der Waals surface area contributed by atoms with Gasteiger partial charge < -0.3 is 37.9 Å². The largest absolute Gasteiger partial charge is 0.486 e. The lowest BCUT2D eigenvalue weighted by molar-refractivity contribution is 0.132. The summed E-state index contributed by atoms with van der Waals surface area (Å²) in [6, 6.07) is 0. The fourth-order valence-electron chi connectivity index (χ4n) is 3.12. The van der Waals surface area contributed by atoms with Crippen LogP contribution in [-0.2, 0) is 31.8 Å². The molecule has 2 aromatic heterocycles. The van der Waals surface area contributed by atoms with Crippen molar-refractivity contribution in [2.75, 3.05) is 81.3 Å². The van der Waals surface area contributed by atoms with Crippen LogP contribution in [0, 0.1) is 0 Å². The van der Waals surface area contributed by atoms with Crippen LogP contribution >= 0.6 is 22.7 Å². The molecule has 10 heteroatoms. The van der Waals surface area contributed by atoms with E-state index < -0.39 is 0 Å². The first-order chi connectivity index (χ1) is 16.7. The third kappa shape index (κ3) is 7.73. The molecule has 0 N–H and O–H groups in total. The van der Waals surface area contributed by atoms with Crippen LogP contribution in [0.5, 0.6) is 23.0 Å². The molecule has 0 bridgehead atoms. The number of hydrogen-bond acceptors (Lipinski definition) is 10. The second kappa shape index (κ2) is 16.2. The van der Waals surface area contributed by atoms with Crippen LogP contribution < -0.4 is 18.9 Å². The van der Waals surface area contributed by atoms with Crippen molar-refractivity contribution in [2.24, 2.45) is 0 Å². The van der Waals surface area contributed by atoms with Gasteiger partial charge in [0.25, 0.3) is 0 Å². The summed E-state index contributed by atoms with van der Waals surface area (Å²) in [4.78, 5) is 4.15. The van der Waals surface area contributed by atoms with Crippen LogP contribution in [0.25, 0.3) is 9.75 Å². The molecule has 0 saturated heterocycles. The third-order valence-electron chi connectivity index (χ3n) is 4.77. The molecule has 0 aliphatic carbocycles. The predicted molar refractivity (Wildman–Crippen MR) is 136 cm³/mol. The smallest absolute Gasteiger partial charge is 0.181 e. The molecule has 0 aliphatic rings. The molecule has 0 fully saturated rings. The zero-order valence-corrected chi connectivity index (χ0v) is 22.8. The fraction of sp³-hybridized carbons (Fsp3) is 0.667. The van der Waals surface area contributed by atoms with E-state index in [1.807, 2.05) is 0 Å². The first kappa shape index (κ1) is 28.7. The molecule has 194 valence electrons. The summed E-state index contributed by atoms with van der Waals surface area (Å²) in [6.07, 6.45) is 1.63. The van der Waals surface area contributed by atoms with Crippen LogP contribution in [0.1, 0.15) is 23.6 Å². The molecule has 0 aromatic carbocycles. The van der Waals surface area contributed by atoms with Gasteiger partial charge in [-0.2, -0.15) is 0 Å². The summed E-state index contributed by atoms with van der Waals surface area (Å²) >= 11 is 3.31. The van der Waals surface area contributed by atoms with Gasteiger partial charge in [-0.25, -0.2) is 0 Å². The lowest BCUT2D eigenvalue weighted by Gasteiger charge is -2.13. The Kier molecular flexibility index (Phi) is 13.6. The molecule has 0 atom stereocenters. The van der Waals surface area contributed by atoms with Crippen LogP contribution in [-0.4, -0.2) is 81.3 Å². The van der Waals surface area contributed by atoms with Gasteiger partial charge in [-0.05, 0) is 12.8 Å². The van der Waals surface area contributed by atoms with Crippen molar-refractivity contribution < 1.29 is 37.9 Å². The molecule has 0 spiro atoms. The molecular formula is C24H38O8S2. The molecule has 0 unspecified atom stereocenters. The maximum absolute atomic E-state index is 6.22. The van der Waals surface area contributed by atoms with E-state index in [0.717, 1.165) is 43.8 Å². The van der Waals surface area contributed by atoms with Crippen molar-refractivity contribution >= 4 is 22.7 Å². The molecule has 0 saturated carbocycles. The van der Waals surface area contributed by atoms with E-state index in [1.54, 1.807) is 51.1 Å². The summed E-state index contributed by atoms with van der Waals surface area (Å²) in [5.74, 6) is 2.93. The van der Waals surface area contributed by atoms with Crippen LogP contribution in [0.15, 0.2) is 0 Å². The van der Waals surface area contributed by atoms with E-state index in [-0.39, 0.29) is 0 Å². The van der Waals surface area contributed by atoms with Crippen LogP contribution in [0.4, 0.5) is 0 Å². The third-order valence-corrected chi connectivity index (χ3v) is 7.52. The molecule has 0 amide bonds. The number of ether oxygens (including phenoxy) is 8. The summed E-state index contributed by atoms with van der Waals surface area (Å²) in [6.45, 7) is 7.85. The van der Waals surface area contributed by atoms with Gasteiger partial charge in [0.05, 0.1) is 45.9 Å². The fourth-order valence-corrected chi connectivity index (χ4v) is 5.50. The van der Waals surface area contributed by atoms with Crippen LogP contribution in [0.2, 0.25) is 0 Å². The predicted octanol–water partition coefficient (Wildman–Crippen LogP) is 4.70. The molecule has 8 nitrogen and oxygen atoms in total. The van der Waals surface area contributed by atoms with Gasteiger partial charge in [-0.3, -0.25) is 0 Å².